The minimum absolute atomic E-state index is 0.129. The van der Waals surface area contributed by atoms with Crippen molar-refractivity contribution in [2.45, 2.75) is 13.3 Å². The number of anilines is 1. The minimum Gasteiger partial charge on any atom is -0.493 e. The molecule has 2 aromatic rings. The van der Waals surface area contributed by atoms with Gasteiger partial charge in [0.1, 0.15) is 5.57 Å². The zero-order valence-corrected chi connectivity index (χ0v) is 15.6. The quantitative estimate of drug-likeness (QED) is 0.615. The molecule has 0 spiro atoms. The van der Waals surface area contributed by atoms with Crippen molar-refractivity contribution in [3.8, 4) is 11.5 Å². The van der Waals surface area contributed by atoms with Crippen LogP contribution in [-0.2, 0) is 9.59 Å². The average molecular weight is 380 g/mol. The van der Waals surface area contributed by atoms with Crippen molar-refractivity contribution in [2.75, 3.05) is 18.6 Å². The molecule has 1 saturated heterocycles. The summed E-state index contributed by atoms with van der Waals surface area (Å²) in [5, 5.41) is 2.20. The molecule has 1 aliphatic rings. The maximum absolute atomic E-state index is 12.9. The summed E-state index contributed by atoms with van der Waals surface area (Å²) in [6, 6.07) is 12.8. The van der Waals surface area contributed by atoms with Crippen LogP contribution in [0.1, 0.15) is 18.9 Å². The molecule has 144 valence electrons. The summed E-state index contributed by atoms with van der Waals surface area (Å²) in [6.07, 6.45) is 2.28. The van der Waals surface area contributed by atoms with Gasteiger partial charge in [-0.15, -0.1) is 0 Å². The molecule has 0 atom stereocenters. The van der Waals surface area contributed by atoms with Gasteiger partial charge in [-0.1, -0.05) is 37.3 Å². The van der Waals surface area contributed by atoms with Crippen LogP contribution in [0.2, 0.25) is 0 Å². The number of nitrogens with one attached hydrogen (secondary N) is 1. The second-order valence-corrected chi connectivity index (χ2v) is 6.05. The number of nitrogens with zero attached hydrogens (tertiary/aromatic N) is 1. The number of ether oxygens (including phenoxy) is 2. The monoisotopic (exact) mass is 380 g/mol. The Morgan fingerprint density at radius 1 is 1.04 bits per heavy atom. The van der Waals surface area contributed by atoms with E-state index in [1.165, 1.54) is 19.3 Å². The van der Waals surface area contributed by atoms with E-state index in [9.17, 15) is 14.4 Å². The smallest absolute Gasteiger partial charge is 0.335 e. The molecule has 0 bridgehead atoms. The van der Waals surface area contributed by atoms with Crippen molar-refractivity contribution in [1.82, 2.24) is 5.32 Å². The fourth-order valence-corrected chi connectivity index (χ4v) is 2.73. The van der Waals surface area contributed by atoms with E-state index in [1.807, 2.05) is 13.0 Å². The van der Waals surface area contributed by atoms with Gasteiger partial charge in [0.25, 0.3) is 11.8 Å². The summed E-state index contributed by atoms with van der Waals surface area (Å²) < 4.78 is 10.9. The van der Waals surface area contributed by atoms with Crippen LogP contribution in [-0.4, -0.2) is 31.6 Å². The summed E-state index contributed by atoms with van der Waals surface area (Å²) in [5.74, 6) is -0.544. The molecule has 4 amide bonds. The van der Waals surface area contributed by atoms with Gasteiger partial charge < -0.3 is 9.47 Å². The normalized spacial score (nSPS) is 15.6. The van der Waals surface area contributed by atoms with Gasteiger partial charge in [-0.2, -0.15) is 0 Å². The Bertz CT molecular complexity index is 937. The molecular weight excluding hydrogens is 360 g/mol. The molecule has 1 heterocycles. The highest BCUT2D eigenvalue weighted by Crippen LogP contribution is 2.33. The van der Waals surface area contributed by atoms with Crippen LogP contribution >= 0.6 is 0 Å². The van der Waals surface area contributed by atoms with E-state index in [0.29, 0.717) is 23.7 Å². The van der Waals surface area contributed by atoms with Crippen LogP contribution in [0.3, 0.4) is 0 Å². The minimum atomic E-state index is -0.815. The first kappa shape index (κ1) is 19.2. The first-order valence-electron chi connectivity index (χ1n) is 8.82. The molecule has 28 heavy (non-hydrogen) atoms. The number of amides is 4. The summed E-state index contributed by atoms with van der Waals surface area (Å²) in [4.78, 5) is 38.4. The van der Waals surface area contributed by atoms with E-state index in [4.69, 9.17) is 9.47 Å². The summed E-state index contributed by atoms with van der Waals surface area (Å²) in [7, 11) is 1.47. The summed E-state index contributed by atoms with van der Waals surface area (Å²) in [6.45, 7) is 2.49. The van der Waals surface area contributed by atoms with E-state index in [-0.39, 0.29) is 11.3 Å². The van der Waals surface area contributed by atoms with Gasteiger partial charge in [0.2, 0.25) is 0 Å². The summed E-state index contributed by atoms with van der Waals surface area (Å²) >= 11 is 0. The highest BCUT2D eigenvalue weighted by Gasteiger charge is 2.37. The number of urea groups is 1. The highest BCUT2D eigenvalue weighted by atomic mass is 16.5. The molecule has 0 unspecified atom stereocenters. The van der Waals surface area contributed by atoms with Crippen molar-refractivity contribution >= 4 is 29.6 Å². The first-order valence-corrected chi connectivity index (χ1v) is 8.82. The van der Waals surface area contributed by atoms with E-state index in [0.717, 1.165) is 11.3 Å². The highest BCUT2D eigenvalue weighted by molar-refractivity contribution is 6.39. The van der Waals surface area contributed by atoms with Gasteiger partial charge in [0, 0.05) is 6.07 Å². The molecule has 3 rings (SSSR count). The first-order chi connectivity index (χ1) is 13.5. The molecule has 7 nitrogen and oxygen atoms in total. The third-order valence-corrected chi connectivity index (χ3v) is 4.08. The maximum Gasteiger partial charge on any atom is 0.335 e. The van der Waals surface area contributed by atoms with Crippen molar-refractivity contribution in [3.63, 3.8) is 0 Å². The molecule has 0 aliphatic carbocycles. The molecule has 1 N–H and O–H groups in total. The van der Waals surface area contributed by atoms with E-state index < -0.39 is 17.8 Å². The molecule has 2 aromatic carbocycles. The fourth-order valence-electron chi connectivity index (χ4n) is 2.73. The number of carbonyl (C=O) groups excluding carboxylic acids is 3. The van der Waals surface area contributed by atoms with Crippen molar-refractivity contribution < 1.29 is 23.9 Å². The third kappa shape index (κ3) is 3.88. The number of imide groups is 2. The van der Waals surface area contributed by atoms with Crippen LogP contribution in [0.25, 0.3) is 6.08 Å². The van der Waals surface area contributed by atoms with E-state index in [2.05, 4.69) is 5.32 Å². The van der Waals surface area contributed by atoms with Gasteiger partial charge >= 0.3 is 6.03 Å². The molecular formula is C21H20N2O5. The molecule has 1 fully saturated rings. The molecule has 0 aromatic heterocycles. The zero-order valence-electron chi connectivity index (χ0n) is 15.6. The van der Waals surface area contributed by atoms with E-state index in [1.54, 1.807) is 36.4 Å². The number of barbiturate groups is 1. The number of benzene rings is 2. The lowest BCUT2D eigenvalue weighted by Crippen LogP contribution is -2.54. The SMILES string of the molecule is CCCOc1ccc(N2C(=O)NC(=O)/C(=C\c3ccccc3)C2=O)cc1OC. The Hall–Kier alpha value is -3.61. The van der Waals surface area contributed by atoms with Crippen LogP contribution < -0.4 is 19.7 Å². The standard InChI is InChI=1S/C21H20N2O5/c1-3-11-28-17-10-9-15(13-18(17)27-2)23-20(25)16(19(24)22-21(23)26)12-14-7-5-4-6-8-14/h4-10,12-13H,3,11H2,1-2H3,(H,22,24,26)/b16-12+. The second-order valence-electron chi connectivity index (χ2n) is 6.05. The van der Waals surface area contributed by atoms with Crippen molar-refractivity contribution in [1.29, 1.82) is 0 Å². The van der Waals surface area contributed by atoms with Gasteiger partial charge in [0.05, 0.1) is 19.4 Å². The predicted molar refractivity (Wildman–Crippen MR) is 104 cm³/mol. The number of rotatable bonds is 6. The van der Waals surface area contributed by atoms with Crippen molar-refractivity contribution in [2.24, 2.45) is 0 Å². The van der Waals surface area contributed by atoms with Crippen LogP contribution in [0.4, 0.5) is 10.5 Å². The van der Waals surface area contributed by atoms with Gasteiger partial charge in [0.15, 0.2) is 11.5 Å². The third-order valence-electron chi connectivity index (χ3n) is 4.08. The Morgan fingerprint density at radius 3 is 2.46 bits per heavy atom. The Kier molecular flexibility index (Phi) is 5.74. The predicted octanol–water partition coefficient (Wildman–Crippen LogP) is 3.15. The number of hydrogen-bond acceptors (Lipinski definition) is 5. The lowest BCUT2D eigenvalue weighted by molar-refractivity contribution is -0.122. The molecule has 1 aliphatic heterocycles. The Morgan fingerprint density at radius 2 is 1.79 bits per heavy atom. The molecule has 0 radical (unpaired) electrons. The lowest BCUT2D eigenvalue weighted by Gasteiger charge is -2.27. The number of methoxy groups -OCH3 is 1. The lowest BCUT2D eigenvalue weighted by atomic mass is 10.1. The van der Waals surface area contributed by atoms with Crippen LogP contribution in [0.15, 0.2) is 54.1 Å². The average Bonchev–Trinajstić information content (AvgIpc) is 2.70. The topological polar surface area (TPSA) is 84.9 Å². The Balaban J connectivity index is 1.96. The zero-order chi connectivity index (χ0) is 20.1. The van der Waals surface area contributed by atoms with Crippen molar-refractivity contribution in [3.05, 3.63) is 59.7 Å². The molecule has 0 saturated carbocycles. The summed E-state index contributed by atoms with van der Waals surface area (Å²) in [5.41, 5.74) is 0.821. The number of carbonyl (C=O) groups is 3. The fraction of sp³-hybridized carbons (Fsp3) is 0.190. The van der Waals surface area contributed by atoms with Crippen LogP contribution in [0.5, 0.6) is 11.5 Å². The maximum atomic E-state index is 12.9. The van der Waals surface area contributed by atoms with Gasteiger partial charge in [-0.05, 0) is 30.2 Å². The second kappa shape index (κ2) is 8.39. The van der Waals surface area contributed by atoms with Crippen LogP contribution in [0, 0.1) is 0 Å². The van der Waals surface area contributed by atoms with Gasteiger partial charge in [-0.3, -0.25) is 14.9 Å². The van der Waals surface area contributed by atoms with E-state index >= 15 is 0 Å². The Labute approximate surface area is 162 Å². The largest absolute Gasteiger partial charge is 0.493 e. The van der Waals surface area contributed by atoms with Gasteiger partial charge in [-0.25, -0.2) is 9.69 Å². The molecule has 7 heteroatoms. The number of hydrogen-bond donors (Lipinski definition) is 1.